The summed E-state index contributed by atoms with van der Waals surface area (Å²) in [5.74, 6) is 0.929. The smallest absolute Gasteiger partial charge is 0.119 e. The Morgan fingerprint density at radius 3 is 3.12 bits per heavy atom. The number of piperidine rings is 1. The van der Waals surface area contributed by atoms with E-state index in [1.54, 1.807) is 7.11 Å². The van der Waals surface area contributed by atoms with Crippen LogP contribution >= 0.6 is 0 Å². The second kappa shape index (κ2) is 5.32. The molecular weight excluding hydrogens is 200 g/mol. The number of nitrogens with zero attached hydrogens (tertiary/aromatic N) is 1. The summed E-state index contributed by atoms with van der Waals surface area (Å²) < 4.78 is 5.22. The highest BCUT2D eigenvalue weighted by atomic mass is 16.5. The molecule has 0 unspecified atom stereocenters. The van der Waals surface area contributed by atoms with E-state index in [4.69, 9.17) is 10.5 Å². The van der Waals surface area contributed by atoms with Gasteiger partial charge in [-0.15, -0.1) is 0 Å². The molecular formula is C13H20N2O. The fourth-order valence-electron chi connectivity index (χ4n) is 2.26. The Kier molecular flexibility index (Phi) is 3.80. The standard InChI is InChI=1S/C13H20N2O/c1-16-13-6-2-4-11(8-13)9-15-7-3-5-12(14)10-15/h2,4,6,8,12H,3,5,7,9-10,14H2,1H3/t12-/m1/s1. The summed E-state index contributed by atoms with van der Waals surface area (Å²) in [7, 11) is 1.70. The highest BCUT2D eigenvalue weighted by Crippen LogP contribution is 2.16. The normalized spacial score (nSPS) is 22.0. The van der Waals surface area contributed by atoms with Crippen molar-refractivity contribution in [2.75, 3.05) is 20.2 Å². The van der Waals surface area contributed by atoms with E-state index in [0.29, 0.717) is 6.04 Å². The lowest BCUT2D eigenvalue weighted by Gasteiger charge is -2.30. The third-order valence-corrected chi connectivity index (χ3v) is 3.08. The molecule has 2 rings (SSSR count). The maximum Gasteiger partial charge on any atom is 0.119 e. The van der Waals surface area contributed by atoms with Crippen LogP contribution < -0.4 is 10.5 Å². The van der Waals surface area contributed by atoms with E-state index >= 15 is 0 Å². The molecule has 1 saturated heterocycles. The predicted octanol–water partition coefficient (Wildman–Crippen LogP) is 1.62. The van der Waals surface area contributed by atoms with Crippen molar-refractivity contribution in [3.05, 3.63) is 29.8 Å². The monoisotopic (exact) mass is 220 g/mol. The number of hydrogen-bond donors (Lipinski definition) is 1. The van der Waals surface area contributed by atoms with Gasteiger partial charge in [0.1, 0.15) is 5.75 Å². The molecule has 0 bridgehead atoms. The molecule has 0 aliphatic carbocycles. The third-order valence-electron chi connectivity index (χ3n) is 3.08. The number of hydrogen-bond acceptors (Lipinski definition) is 3. The quantitative estimate of drug-likeness (QED) is 0.841. The van der Waals surface area contributed by atoms with Crippen LogP contribution in [0.2, 0.25) is 0 Å². The summed E-state index contributed by atoms with van der Waals surface area (Å²) >= 11 is 0. The number of rotatable bonds is 3. The molecule has 3 heteroatoms. The van der Waals surface area contributed by atoms with E-state index in [1.165, 1.54) is 12.0 Å². The van der Waals surface area contributed by atoms with E-state index in [0.717, 1.165) is 31.8 Å². The number of likely N-dealkylation sites (tertiary alicyclic amines) is 1. The molecule has 1 aliphatic heterocycles. The molecule has 1 aromatic rings. The van der Waals surface area contributed by atoms with Crippen LogP contribution in [0.4, 0.5) is 0 Å². The minimum absolute atomic E-state index is 0.347. The van der Waals surface area contributed by atoms with Crippen LogP contribution in [0, 0.1) is 0 Å². The zero-order chi connectivity index (χ0) is 11.4. The summed E-state index contributed by atoms with van der Waals surface area (Å²) in [5.41, 5.74) is 7.27. The average molecular weight is 220 g/mol. The first kappa shape index (κ1) is 11.4. The lowest BCUT2D eigenvalue weighted by molar-refractivity contribution is 0.201. The van der Waals surface area contributed by atoms with Gasteiger partial charge in [-0.3, -0.25) is 4.90 Å². The van der Waals surface area contributed by atoms with Crippen LogP contribution in [0.25, 0.3) is 0 Å². The van der Waals surface area contributed by atoms with Gasteiger partial charge >= 0.3 is 0 Å². The predicted molar refractivity (Wildman–Crippen MR) is 65.5 cm³/mol. The summed E-state index contributed by atoms with van der Waals surface area (Å²) in [4.78, 5) is 2.42. The topological polar surface area (TPSA) is 38.5 Å². The molecule has 0 amide bonds. The van der Waals surface area contributed by atoms with Gasteiger partial charge in [0.2, 0.25) is 0 Å². The molecule has 1 atom stereocenters. The fourth-order valence-corrected chi connectivity index (χ4v) is 2.26. The van der Waals surface area contributed by atoms with Crippen molar-refractivity contribution in [3.63, 3.8) is 0 Å². The molecule has 16 heavy (non-hydrogen) atoms. The number of methoxy groups -OCH3 is 1. The van der Waals surface area contributed by atoms with Crippen LogP contribution in [0.15, 0.2) is 24.3 Å². The minimum atomic E-state index is 0.347. The molecule has 0 radical (unpaired) electrons. The second-order valence-corrected chi connectivity index (χ2v) is 4.49. The second-order valence-electron chi connectivity index (χ2n) is 4.49. The van der Waals surface area contributed by atoms with Gasteiger partial charge < -0.3 is 10.5 Å². The minimum Gasteiger partial charge on any atom is -0.497 e. The van der Waals surface area contributed by atoms with Crippen molar-refractivity contribution in [2.45, 2.75) is 25.4 Å². The molecule has 1 aromatic carbocycles. The molecule has 1 fully saturated rings. The SMILES string of the molecule is COc1cccc(CN2CCC[C@@H](N)C2)c1. The van der Waals surface area contributed by atoms with E-state index < -0.39 is 0 Å². The van der Waals surface area contributed by atoms with Crippen molar-refractivity contribution in [2.24, 2.45) is 5.73 Å². The summed E-state index contributed by atoms with van der Waals surface area (Å²) in [5, 5.41) is 0. The van der Waals surface area contributed by atoms with Crippen LogP contribution in [-0.2, 0) is 6.54 Å². The van der Waals surface area contributed by atoms with E-state index in [2.05, 4.69) is 17.0 Å². The van der Waals surface area contributed by atoms with E-state index in [-0.39, 0.29) is 0 Å². The average Bonchev–Trinajstić information content (AvgIpc) is 2.29. The molecule has 1 heterocycles. The summed E-state index contributed by atoms with van der Waals surface area (Å²) in [6.45, 7) is 3.15. The van der Waals surface area contributed by atoms with Gasteiger partial charge in [-0.2, -0.15) is 0 Å². The first-order valence-corrected chi connectivity index (χ1v) is 5.89. The zero-order valence-corrected chi connectivity index (χ0v) is 9.86. The Morgan fingerprint density at radius 2 is 2.38 bits per heavy atom. The van der Waals surface area contributed by atoms with Crippen molar-refractivity contribution in [1.29, 1.82) is 0 Å². The lowest BCUT2D eigenvalue weighted by Crippen LogP contribution is -2.42. The Labute approximate surface area is 97.2 Å². The van der Waals surface area contributed by atoms with Gasteiger partial charge in [0.15, 0.2) is 0 Å². The van der Waals surface area contributed by atoms with Gasteiger partial charge in [-0.05, 0) is 37.1 Å². The van der Waals surface area contributed by atoms with Crippen LogP contribution in [-0.4, -0.2) is 31.1 Å². The Balaban J connectivity index is 1.97. The van der Waals surface area contributed by atoms with E-state index in [1.807, 2.05) is 12.1 Å². The molecule has 2 N–H and O–H groups in total. The number of ether oxygens (including phenoxy) is 1. The highest BCUT2D eigenvalue weighted by Gasteiger charge is 2.16. The highest BCUT2D eigenvalue weighted by molar-refractivity contribution is 5.28. The van der Waals surface area contributed by atoms with Crippen LogP contribution in [0.3, 0.4) is 0 Å². The van der Waals surface area contributed by atoms with Gasteiger partial charge in [-0.25, -0.2) is 0 Å². The van der Waals surface area contributed by atoms with Crippen molar-refractivity contribution in [1.82, 2.24) is 4.90 Å². The molecule has 3 nitrogen and oxygen atoms in total. The third kappa shape index (κ3) is 2.97. The first-order chi connectivity index (χ1) is 7.78. The van der Waals surface area contributed by atoms with Crippen molar-refractivity contribution in [3.8, 4) is 5.75 Å². The largest absolute Gasteiger partial charge is 0.497 e. The molecule has 0 spiro atoms. The van der Waals surface area contributed by atoms with Crippen LogP contribution in [0.5, 0.6) is 5.75 Å². The Hall–Kier alpha value is -1.06. The van der Waals surface area contributed by atoms with Crippen LogP contribution in [0.1, 0.15) is 18.4 Å². The number of nitrogens with two attached hydrogens (primary N) is 1. The van der Waals surface area contributed by atoms with Gasteiger partial charge in [0, 0.05) is 19.1 Å². The van der Waals surface area contributed by atoms with E-state index in [9.17, 15) is 0 Å². The van der Waals surface area contributed by atoms with Gasteiger partial charge in [-0.1, -0.05) is 12.1 Å². The summed E-state index contributed by atoms with van der Waals surface area (Å²) in [6.07, 6.45) is 2.37. The molecule has 1 aliphatic rings. The maximum absolute atomic E-state index is 5.97. The number of benzene rings is 1. The summed E-state index contributed by atoms with van der Waals surface area (Å²) in [6, 6.07) is 8.60. The van der Waals surface area contributed by atoms with Gasteiger partial charge in [0.05, 0.1) is 7.11 Å². The lowest BCUT2D eigenvalue weighted by atomic mass is 10.1. The van der Waals surface area contributed by atoms with Crippen molar-refractivity contribution >= 4 is 0 Å². The molecule has 88 valence electrons. The van der Waals surface area contributed by atoms with Crippen molar-refractivity contribution < 1.29 is 4.74 Å². The fraction of sp³-hybridized carbons (Fsp3) is 0.538. The molecule has 0 aromatic heterocycles. The first-order valence-electron chi connectivity index (χ1n) is 5.89. The van der Waals surface area contributed by atoms with Gasteiger partial charge in [0.25, 0.3) is 0 Å². The molecule has 0 saturated carbocycles. The maximum atomic E-state index is 5.97. The zero-order valence-electron chi connectivity index (χ0n) is 9.86. The Morgan fingerprint density at radius 1 is 1.50 bits per heavy atom. The Bertz CT molecular complexity index is 340.